The Balaban J connectivity index is 2.09. The van der Waals surface area contributed by atoms with Crippen molar-refractivity contribution in [3.05, 3.63) is 70.9 Å². The summed E-state index contributed by atoms with van der Waals surface area (Å²) < 4.78 is 72.5. The van der Waals surface area contributed by atoms with Crippen LogP contribution in [-0.2, 0) is 22.3 Å². The number of halogens is 5. The smallest absolute Gasteiger partial charge is 0.416 e. The molecule has 0 aliphatic heterocycles. The van der Waals surface area contributed by atoms with Crippen LogP contribution in [0.4, 0.5) is 22.0 Å². The molecule has 0 bridgehead atoms. The maximum absolute atomic E-state index is 14.0. The third kappa shape index (κ3) is 4.61. The van der Waals surface area contributed by atoms with Crippen molar-refractivity contribution in [3.63, 3.8) is 0 Å². The number of carbonyl (C=O) groups is 1. The molecular weight excluding hydrogens is 395 g/mol. The van der Waals surface area contributed by atoms with E-state index in [9.17, 15) is 26.7 Å². The third-order valence-electron chi connectivity index (χ3n) is 4.11. The minimum atomic E-state index is -4.58. The third-order valence-corrected chi connectivity index (χ3v) is 4.11. The Bertz CT molecular complexity index is 1090. The zero-order valence-electron chi connectivity index (χ0n) is 15.1. The molecule has 0 unspecified atom stereocenters. The fourth-order valence-electron chi connectivity index (χ4n) is 2.77. The highest BCUT2D eigenvalue weighted by molar-refractivity contribution is 5.93. The van der Waals surface area contributed by atoms with E-state index in [1.54, 1.807) is 6.92 Å². The molecule has 0 atom stereocenters. The first-order valence-electron chi connectivity index (χ1n) is 8.55. The standard InChI is InChI=1S/C20H15F5N2O2/c1-2-29-19(28)8-7-17-15-6-4-13(20(23,24)25)9-18(15)27(26-17)11-12-3-5-14(21)10-16(12)22/h3-10H,2,11H2,1H3. The van der Waals surface area contributed by atoms with Gasteiger partial charge in [0.25, 0.3) is 0 Å². The van der Waals surface area contributed by atoms with E-state index in [1.807, 2.05) is 0 Å². The van der Waals surface area contributed by atoms with Crippen LogP contribution < -0.4 is 0 Å². The Morgan fingerprint density at radius 2 is 1.93 bits per heavy atom. The molecule has 3 aromatic rings. The predicted molar refractivity (Wildman–Crippen MR) is 95.9 cm³/mol. The van der Waals surface area contributed by atoms with E-state index in [-0.39, 0.29) is 29.9 Å². The summed E-state index contributed by atoms with van der Waals surface area (Å²) in [5, 5.41) is 4.53. The molecule has 1 heterocycles. The van der Waals surface area contributed by atoms with Crippen LogP contribution in [-0.4, -0.2) is 22.4 Å². The van der Waals surface area contributed by atoms with E-state index in [0.717, 1.165) is 24.3 Å². The van der Waals surface area contributed by atoms with Crippen LogP contribution in [0.15, 0.2) is 42.5 Å². The number of esters is 1. The molecule has 0 fully saturated rings. The highest BCUT2D eigenvalue weighted by Gasteiger charge is 2.31. The molecule has 29 heavy (non-hydrogen) atoms. The second-order valence-corrected chi connectivity index (χ2v) is 6.09. The topological polar surface area (TPSA) is 44.1 Å². The fourth-order valence-corrected chi connectivity index (χ4v) is 2.77. The van der Waals surface area contributed by atoms with Crippen LogP contribution in [0.3, 0.4) is 0 Å². The summed E-state index contributed by atoms with van der Waals surface area (Å²) in [6, 6.07) is 5.95. The Morgan fingerprint density at radius 3 is 2.59 bits per heavy atom. The molecule has 0 amide bonds. The van der Waals surface area contributed by atoms with Crippen LogP contribution in [0.25, 0.3) is 17.0 Å². The number of benzene rings is 2. The Labute approximate surface area is 162 Å². The van der Waals surface area contributed by atoms with Crippen LogP contribution in [0.5, 0.6) is 0 Å². The van der Waals surface area contributed by atoms with E-state index >= 15 is 0 Å². The molecule has 1 aromatic heterocycles. The van der Waals surface area contributed by atoms with E-state index in [0.29, 0.717) is 11.5 Å². The molecule has 0 N–H and O–H groups in total. The Morgan fingerprint density at radius 1 is 1.17 bits per heavy atom. The van der Waals surface area contributed by atoms with Gasteiger partial charge < -0.3 is 4.74 Å². The van der Waals surface area contributed by atoms with Gasteiger partial charge in [-0.2, -0.15) is 18.3 Å². The van der Waals surface area contributed by atoms with Gasteiger partial charge in [0.2, 0.25) is 0 Å². The average molecular weight is 410 g/mol. The normalized spacial score (nSPS) is 12.1. The van der Waals surface area contributed by atoms with Gasteiger partial charge in [-0.1, -0.05) is 6.07 Å². The van der Waals surface area contributed by atoms with Gasteiger partial charge in [0.1, 0.15) is 11.6 Å². The van der Waals surface area contributed by atoms with E-state index in [2.05, 4.69) is 5.10 Å². The van der Waals surface area contributed by atoms with Crippen LogP contribution >= 0.6 is 0 Å². The van der Waals surface area contributed by atoms with Crippen molar-refractivity contribution in [1.29, 1.82) is 0 Å². The number of hydrogen-bond donors (Lipinski definition) is 0. The van der Waals surface area contributed by atoms with Gasteiger partial charge in [-0.3, -0.25) is 4.68 Å². The van der Waals surface area contributed by atoms with Crippen molar-refractivity contribution in [2.24, 2.45) is 0 Å². The average Bonchev–Trinajstić information content (AvgIpc) is 2.99. The van der Waals surface area contributed by atoms with Crippen molar-refractivity contribution >= 4 is 22.9 Å². The van der Waals surface area contributed by atoms with Gasteiger partial charge in [-0.25, -0.2) is 13.6 Å². The molecule has 0 aliphatic carbocycles. The van der Waals surface area contributed by atoms with Crippen molar-refractivity contribution in [2.75, 3.05) is 6.61 Å². The number of rotatable bonds is 5. The molecule has 2 aromatic carbocycles. The molecule has 0 radical (unpaired) electrons. The minimum Gasteiger partial charge on any atom is -0.463 e. The summed E-state index contributed by atoms with van der Waals surface area (Å²) in [6.45, 7) is 1.57. The van der Waals surface area contributed by atoms with Gasteiger partial charge in [-0.15, -0.1) is 0 Å². The van der Waals surface area contributed by atoms with E-state index in [4.69, 9.17) is 4.74 Å². The first kappa shape index (κ1) is 20.5. The van der Waals surface area contributed by atoms with Gasteiger partial charge in [-0.05, 0) is 37.3 Å². The highest BCUT2D eigenvalue weighted by atomic mass is 19.4. The van der Waals surface area contributed by atoms with Crippen LogP contribution in [0.2, 0.25) is 0 Å². The van der Waals surface area contributed by atoms with Crippen molar-refractivity contribution in [3.8, 4) is 0 Å². The molecule has 0 saturated heterocycles. The largest absolute Gasteiger partial charge is 0.463 e. The summed E-state index contributed by atoms with van der Waals surface area (Å²) >= 11 is 0. The number of fused-ring (bicyclic) bond motifs is 1. The number of carbonyl (C=O) groups excluding carboxylic acids is 1. The molecule has 0 saturated carbocycles. The SMILES string of the molecule is CCOC(=O)C=Cc1nn(Cc2ccc(F)cc2F)c2cc(C(F)(F)F)ccc12. The maximum Gasteiger partial charge on any atom is 0.416 e. The van der Waals surface area contributed by atoms with E-state index < -0.39 is 29.3 Å². The lowest BCUT2D eigenvalue weighted by Gasteiger charge is -2.08. The summed E-state index contributed by atoms with van der Waals surface area (Å²) in [5.41, 5.74) is -0.544. The lowest BCUT2D eigenvalue weighted by molar-refractivity contribution is -0.138. The molecule has 0 aliphatic rings. The van der Waals surface area contributed by atoms with Crippen molar-refractivity contribution in [1.82, 2.24) is 9.78 Å². The summed E-state index contributed by atoms with van der Waals surface area (Å²) in [7, 11) is 0. The lowest BCUT2D eigenvalue weighted by atomic mass is 10.1. The Kier molecular flexibility index (Phi) is 5.67. The lowest BCUT2D eigenvalue weighted by Crippen LogP contribution is -2.07. The molecule has 152 valence electrons. The first-order chi connectivity index (χ1) is 13.7. The van der Waals surface area contributed by atoms with Crippen molar-refractivity contribution in [2.45, 2.75) is 19.6 Å². The van der Waals surface area contributed by atoms with Crippen LogP contribution in [0, 0.1) is 11.6 Å². The first-order valence-corrected chi connectivity index (χ1v) is 8.55. The number of ether oxygens (including phenoxy) is 1. The molecule has 9 heteroatoms. The van der Waals surface area contributed by atoms with Gasteiger partial charge in [0.15, 0.2) is 0 Å². The number of hydrogen-bond acceptors (Lipinski definition) is 3. The molecule has 4 nitrogen and oxygen atoms in total. The zero-order chi connectivity index (χ0) is 21.2. The number of alkyl halides is 3. The quantitative estimate of drug-likeness (QED) is 0.339. The van der Waals surface area contributed by atoms with Gasteiger partial charge in [0, 0.05) is 23.1 Å². The summed E-state index contributed by atoms with van der Waals surface area (Å²) in [5.74, 6) is -2.25. The van der Waals surface area contributed by atoms with E-state index in [1.165, 1.54) is 22.9 Å². The predicted octanol–water partition coefficient (Wildman–Crippen LogP) is 4.96. The number of aromatic nitrogens is 2. The maximum atomic E-state index is 14.0. The van der Waals surface area contributed by atoms with Gasteiger partial charge >= 0.3 is 12.1 Å². The second kappa shape index (κ2) is 8.02. The fraction of sp³-hybridized carbons (Fsp3) is 0.200. The van der Waals surface area contributed by atoms with Gasteiger partial charge in [0.05, 0.1) is 29.9 Å². The molecule has 3 rings (SSSR count). The summed E-state index contributed by atoms with van der Waals surface area (Å²) in [4.78, 5) is 11.5. The second-order valence-electron chi connectivity index (χ2n) is 6.09. The van der Waals surface area contributed by atoms with Crippen molar-refractivity contribution < 1.29 is 31.5 Å². The highest BCUT2D eigenvalue weighted by Crippen LogP contribution is 2.32. The number of nitrogens with zero attached hydrogens (tertiary/aromatic N) is 2. The molecule has 0 spiro atoms. The summed E-state index contributed by atoms with van der Waals surface area (Å²) in [6.07, 6.45) is -2.16. The zero-order valence-corrected chi connectivity index (χ0v) is 15.1. The van der Waals surface area contributed by atoms with Crippen LogP contribution in [0.1, 0.15) is 23.7 Å². The molecular formula is C20H15F5N2O2. The minimum absolute atomic E-state index is 0.0501. The Hall–Kier alpha value is -3.23. The monoisotopic (exact) mass is 410 g/mol.